The summed E-state index contributed by atoms with van der Waals surface area (Å²) in [6.45, 7) is 2.16. The highest BCUT2D eigenvalue weighted by Gasteiger charge is 2.53. The summed E-state index contributed by atoms with van der Waals surface area (Å²) in [6, 6.07) is 22.8. The third kappa shape index (κ3) is 2.05. The Balaban J connectivity index is 2.27. The van der Waals surface area contributed by atoms with Crippen molar-refractivity contribution >= 4 is 5.71 Å². The molecule has 110 valence electrons. The van der Waals surface area contributed by atoms with Crippen molar-refractivity contribution in [1.82, 2.24) is 0 Å². The number of rotatable bonds is 3. The van der Waals surface area contributed by atoms with Gasteiger partial charge in [0.2, 0.25) is 0 Å². The Morgan fingerprint density at radius 2 is 1.50 bits per heavy atom. The molecule has 0 radical (unpaired) electrons. The van der Waals surface area contributed by atoms with E-state index in [-0.39, 0.29) is 5.41 Å². The molecular formula is C20H20N2. The molecule has 0 unspecified atom stereocenters. The number of nitriles is 1. The highest BCUT2D eigenvalue weighted by atomic mass is 14.6. The van der Waals surface area contributed by atoms with Crippen LogP contribution in [-0.4, -0.2) is 5.71 Å². The molecule has 2 aromatic rings. The van der Waals surface area contributed by atoms with Crippen LogP contribution in [0.25, 0.3) is 0 Å². The van der Waals surface area contributed by atoms with E-state index < -0.39 is 5.41 Å². The fourth-order valence-electron chi connectivity index (χ4n) is 3.90. The van der Waals surface area contributed by atoms with Gasteiger partial charge in [-0.2, -0.15) is 5.26 Å². The SMILES string of the molecule is C[C@@]1(C(C#N)(c2ccccc2)c2ccccc2)CCC(=N)C1. The van der Waals surface area contributed by atoms with Gasteiger partial charge in [-0.1, -0.05) is 67.6 Å². The summed E-state index contributed by atoms with van der Waals surface area (Å²) in [4.78, 5) is 0. The smallest absolute Gasteiger partial charge is 0.113 e. The molecule has 1 saturated carbocycles. The van der Waals surface area contributed by atoms with Gasteiger partial charge in [0, 0.05) is 5.71 Å². The summed E-state index contributed by atoms with van der Waals surface area (Å²) < 4.78 is 0. The van der Waals surface area contributed by atoms with E-state index in [9.17, 15) is 5.26 Å². The predicted octanol–water partition coefficient (Wildman–Crippen LogP) is 4.71. The summed E-state index contributed by atoms with van der Waals surface area (Å²) in [5, 5.41) is 18.3. The molecule has 3 rings (SSSR count). The molecule has 1 atom stereocenters. The molecule has 0 aromatic heterocycles. The van der Waals surface area contributed by atoms with Crippen molar-refractivity contribution in [1.29, 1.82) is 10.7 Å². The van der Waals surface area contributed by atoms with Crippen molar-refractivity contribution in [3.05, 3.63) is 71.8 Å². The van der Waals surface area contributed by atoms with Crippen LogP contribution < -0.4 is 0 Å². The predicted molar refractivity (Wildman–Crippen MR) is 89.0 cm³/mol. The number of nitrogens with zero attached hydrogens (tertiary/aromatic N) is 1. The molecule has 0 aliphatic heterocycles. The highest BCUT2D eigenvalue weighted by Crippen LogP contribution is 2.54. The minimum Gasteiger partial charge on any atom is -0.310 e. The van der Waals surface area contributed by atoms with Crippen LogP contribution in [0.5, 0.6) is 0 Å². The molecule has 0 spiro atoms. The fourth-order valence-corrected chi connectivity index (χ4v) is 3.90. The first-order valence-corrected chi connectivity index (χ1v) is 7.71. The third-order valence-electron chi connectivity index (χ3n) is 5.07. The van der Waals surface area contributed by atoms with Crippen molar-refractivity contribution in [3.63, 3.8) is 0 Å². The molecule has 1 fully saturated rings. The average Bonchev–Trinajstić information content (AvgIpc) is 2.91. The van der Waals surface area contributed by atoms with Gasteiger partial charge in [-0.05, 0) is 35.8 Å². The molecule has 22 heavy (non-hydrogen) atoms. The summed E-state index contributed by atoms with van der Waals surface area (Å²) in [7, 11) is 0. The van der Waals surface area contributed by atoms with Crippen LogP contribution >= 0.6 is 0 Å². The van der Waals surface area contributed by atoms with E-state index in [1.807, 2.05) is 60.7 Å². The number of benzene rings is 2. The van der Waals surface area contributed by atoms with E-state index in [4.69, 9.17) is 5.41 Å². The van der Waals surface area contributed by atoms with Gasteiger partial charge in [-0.15, -0.1) is 0 Å². The van der Waals surface area contributed by atoms with Gasteiger partial charge in [-0.25, -0.2) is 0 Å². The van der Waals surface area contributed by atoms with Crippen LogP contribution in [0.15, 0.2) is 60.7 Å². The van der Waals surface area contributed by atoms with E-state index in [0.29, 0.717) is 6.42 Å². The van der Waals surface area contributed by atoms with Gasteiger partial charge in [0.05, 0.1) is 6.07 Å². The van der Waals surface area contributed by atoms with E-state index in [1.165, 1.54) is 0 Å². The monoisotopic (exact) mass is 288 g/mol. The van der Waals surface area contributed by atoms with Crippen molar-refractivity contribution < 1.29 is 0 Å². The normalized spacial score (nSPS) is 21.5. The second-order valence-electron chi connectivity index (χ2n) is 6.43. The van der Waals surface area contributed by atoms with Gasteiger partial charge < -0.3 is 5.41 Å². The van der Waals surface area contributed by atoms with Crippen LogP contribution in [0.3, 0.4) is 0 Å². The Morgan fingerprint density at radius 3 is 1.86 bits per heavy atom. The maximum atomic E-state index is 10.3. The number of nitrogens with one attached hydrogen (secondary N) is 1. The highest BCUT2D eigenvalue weighted by molar-refractivity contribution is 5.85. The zero-order valence-electron chi connectivity index (χ0n) is 12.8. The Morgan fingerprint density at radius 1 is 1.00 bits per heavy atom. The summed E-state index contributed by atoms with van der Waals surface area (Å²) in [5.74, 6) is 0. The topological polar surface area (TPSA) is 47.6 Å². The first kappa shape index (κ1) is 14.5. The van der Waals surface area contributed by atoms with E-state index in [2.05, 4.69) is 13.0 Å². The second-order valence-corrected chi connectivity index (χ2v) is 6.43. The lowest BCUT2D eigenvalue weighted by Gasteiger charge is -2.42. The Labute approximate surface area is 131 Å². The lowest BCUT2D eigenvalue weighted by Crippen LogP contribution is -2.42. The molecule has 0 heterocycles. The van der Waals surface area contributed by atoms with Crippen molar-refractivity contribution in [2.24, 2.45) is 5.41 Å². The van der Waals surface area contributed by atoms with Crippen molar-refractivity contribution in [2.75, 3.05) is 0 Å². The summed E-state index contributed by atoms with van der Waals surface area (Å²) in [5.41, 5.74) is 1.86. The molecule has 2 aromatic carbocycles. The van der Waals surface area contributed by atoms with E-state index in [0.717, 1.165) is 29.7 Å². The lowest BCUT2D eigenvalue weighted by atomic mass is 9.57. The molecular weight excluding hydrogens is 268 g/mol. The Hall–Kier alpha value is -2.40. The van der Waals surface area contributed by atoms with Crippen LogP contribution in [0.4, 0.5) is 0 Å². The summed E-state index contributed by atoms with van der Waals surface area (Å²) >= 11 is 0. The van der Waals surface area contributed by atoms with Crippen LogP contribution in [-0.2, 0) is 5.41 Å². The second kappa shape index (κ2) is 5.42. The zero-order chi connectivity index (χ0) is 15.6. The quantitative estimate of drug-likeness (QED) is 0.873. The minimum absolute atomic E-state index is 0.248. The van der Waals surface area contributed by atoms with Gasteiger partial charge in [0.15, 0.2) is 0 Å². The largest absolute Gasteiger partial charge is 0.310 e. The first-order chi connectivity index (χ1) is 10.6. The molecule has 1 N–H and O–H groups in total. The van der Waals surface area contributed by atoms with Crippen molar-refractivity contribution in [3.8, 4) is 6.07 Å². The molecule has 1 aliphatic carbocycles. The number of hydrogen-bond acceptors (Lipinski definition) is 2. The fraction of sp³-hybridized carbons (Fsp3) is 0.300. The van der Waals surface area contributed by atoms with Crippen LogP contribution in [0.2, 0.25) is 0 Å². The molecule has 2 nitrogen and oxygen atoms in total. The summed E-state index contributed by atoms with van der Waals surface area (Å²) in [6.07, 6.45) is 2.35. The maximum absolute atomic E-state index is 10.3. The van der Waals surface area contributed by atoms with Gasteiger partial charge in [0.25, 0.3) is 0 Å². The van der Waals surface area contributed by atoms with E-state index >= 15 is 0 Å². The van der Waals surface area contributed by atoms with Gasteiger partial charge in [0.1, 0.15) is 5.41 Å². The zero-order valence-corrected chi connectivity index (χ0v) is 12.8. The van der Waals surface area contributed by atoms with Crippen molar-refractivity contribution in [2.45, 2.75) is 31.6 Å². The lowest BCUT2D eigenvalue weighted by molar-refractivity contribution is 0.240. The maximum Gasteiger partial charge on any atom is 0.113 e. The first-order valence-electron chi connectivity index (χ1n) is 7.71. The molecule has 1 aliphatic rings. The van der Waals surface area contributed by atoms with Gasteiger partial charge in [-0.3, -0.25) is 0 Å². The van der Waals surface area contributed by atoms with Crippen LogP contribution in [0.1, 0.15) is 37.3 Å². The molecule has 0 amide bonds. The molecule has 0 bridgehead atoms. The third-order valence-corrected chi connectivity index (χ3v) is 5.07. The molecule has 2 heteroatoms. The van der Waals surface area contributed by atoms with Gasteiger partial charge >= 0.3 is 0 Å². The van der Waals surface area contributed by atoms with E-state index in [1.54, 1.807) is 0 Å². The number of hydrogen-bond donors (Lipinski definition) is 1. The standard InChI is InChI=1S/C20H20N2/c1-19(13-12-18(22)14-19)20(15-21,16-8-4-2-5-9-16)17-10-6-3-7-11-17/h2-11,22H,12-14H2,1H3/t19-/m1/s1. The Bertz CT molecular complexity index is 673. The average molecular weight is 288 g/mol. The van der Waals surface area contributed by atoms with Crippen LogP contribution in [0, 0.1) is 22.2 Å². The minimum atomic E-state index is -0.710. The Kier molecular flexibility index (Phi) is 3.58. The molecule has 0 saturated heterocycles.